The van der Waals surface area contributed by atoms with Crippen LogP contribution in [0.1, 0.15) is 49.1 Å². The van der Waals surface area contributed by atoms with Crippen LogP contribution in [0.2, 0.25) is 0 Å². The molecular weight excluding hydrogens is 474 g/mol. The third-order valence-corrected chi connectivity index (χ3v) is 6.18. The number of hydrogen-bond acceptors (Lipinski definition) is 8. The van der Waals surface area contributed by atoms with Crippen LogP contribution >= 0.6 is 0 Å². The first-order valence-corrected chi connectivity index (χ1v) is 11.8. The molecular formula is C28H31N3O6. The summed E-state index contributed by atoms with van der Waals surface area (Å²) in [6.07, 6.45) is 3.96. The summed E-state index contributed by atoms with van der Waals surface area (Å²) in [4.78, 5) is 39.4. The molecule has 0 atom stereocenters. The fourth-order valence-electron chi connectivity index (χ4n) is 4.27. The lowest BCUT2D eigenvalue weighted by atomic mass is 9.84. The molecule has 0 unspecified atom stereocenters. The third kappa shape index (κ3) is 6.88. The number of allylic oxidation sites excluding steroid dienone is 3. The van der Waals surface area contributed by atoms with E-state index in [1.807, 2.05) is 44.2 Å². The fourth-order valence-corrected chi connectivity index (χ4v) is 4.27. The quantitative estimate of drug-likeness (QED) is 0.228. The summed E-state index contributed by atoms with van der Waals surface area (Å²) < 4.78 is 15.0. The molecule has 0 bridgehead atoms. The van der Waals surface area contributed by atoms with E-state index in [1.165, 1.54) is 20.3 Å². The number of esters is 3. The van der Waals surface area contributed by atoms with Crippen molar-refractivity contribution in [2.24, 2.45) is 5.41 Å². The van der Waals surface area contributed by atoms with Crippen LogP contribution in [0.5, 0.6) is 0 Å². The second-order valence-electron chi connectivity index (χ2n) is 9.31. The molecule has 9 heteroatoms. The standard InChI is InChI=1S/C28H31N3O6/c1-28(2)14-20(12-25(34)37-17-18-8-6-5-7-9-18)31-27(28)22(15-29)26-21(13-24(33)36-4)19(16-30-26)10-11-23(32)35-3/h5-9,12,16,30-31H,10-11,13-14,17H2,1-4H3/b20-12-,27-22+. The van der Waals surface area contributed by atoms with Crippen molar-refractivity contribution in [1.82, 2.24) is 10.3 Å². The van der Waals surface area contributed by atoms with Crippen molar-refractivity contribution >= 4 is 23.5 Å². The van der Waals surface area contributed by atoms with E-state index in [-0.39, 0.29) is 25.4 Å². The number of nitrogens with one attached hydrogen (secondary N) is 2. The molecule has 0 spiro atoms. The first-order valence-electron chi connectivity index (χ1n) is 11.8. The molecule has 1 aliphatic rings. The highest BCUT2D eigenvalue weighted by Crippen LogP contribution is 2.42. The minimum absolute atomic E-state index is 0.0702. The van der Waals surface area contributed by atoms with Crippen LogP contribution in [0, 0.1) is 16.7 Å². The van der Waals surface area contributed by atoms with E-state index in [2.05, 4.69) is 16.4 Å². The Bertz CT molecular complexity index is 1260. The molecule has 1 aromatic carbocycles. The van der Waals surface area contributed by atoms with Crippen molar-refractivity contribution in [1.29, 1.82) is 5.26 Å². The van der Waals surface area contributed by atoms with Crippen molar-refractivity contribution in [3.05, 3.63) is 76.4 Å². The van der Waals surface area contributed by atoms with Gasteiger partial charge in [0.1, 0.15) is 12.7 Å². The van der Waals surface area contributed by atoms with Crippen LogP contribution in [0.25, 0.3) is 5.57 Å². The summed E-state index contributed by atoms with van der Waals surface area (Å²) in [5, 5.41) is 13.4. The molecule has 37 heavy (non-hydrogen) atoms. The monoisotopic (exact) mass is 505 g/mol. The largest absolute Gasteiger partial charge is 0.469 e. The minimum atomic E-state index is -0.504. The topological polar surface area (TPSA) is 131 Å². The average molecular weight is 506 g/mol. The molecule has 0 radical (unpaired) electrons. The van der Waals surface area contributed by atoms with E-state index in [1.54, 1.807) is 6.20 Å². The Labute approximate surface area is 216 Å². The van der Waals surface area contributed by atoms with Gasteiger partial charge in [-0.15, -0.1) is 0 Å². The van der Waals surface area contributed by atoms with E-state index in [4.69, 9.17) is 14.2 Å². The Morgan fingerprint density at radius 2 is 1.81 bits per heavy atom. The Morgan fingerprint density at radius 1 is 1.11 bits per heavy atom. The average Bonchev–Trinajstić information content (AvgIpc) is 3.41. The Hall–Kier alpha value is -4.32. The summed E-state index contributed by atoms with van der Waals surface area (Å²) in [5.41, 5.74) is 3.70. The highest BCUT2D eigenvalue weighted by molar-refractivity contribution is 5.86. The number of ether oxygens (including phenoxy) is 3. The number of rotatable bonds is 9. The van der Waals surface area contributed by atoms with Crippen LogP contribution in [0.15, 0.2) is 54.0 Å². The number of carbonyl (C=O) groups is 3. The van der Waals surface area contributed by atoms with Crippen LogP contribution in [-0.2, 0) is 48.0 Å². The van der Waals surface area contributed by atoms with Gasteiger partial charge in [-0.25, -0.2) is 4.79 Å². The first-order chi connectivity index (χ1) is 17.7. The van der Waals surface area contributed by atoms with Crippen molar-refractivity contribution in [3.63, 3.8) is 0 Å². The molecule has 2 N–H and O–H groups in total. The van der Waals surface area contributed by atoms with Crippen LogP contribution in [0.3, 0.4) is 0 Å². The number of aromatic nitrogens is 1. The number of nitriles is 1. The maximum atomic E-state index is 12.4. The summed E-state index contributed by atoms with van der Waals surface area (Å²) in [7, 11) is 2.61. The second-order valence-corrected chi connectivity index (χ2v) is 9.31. The lowest BCUT2D eigenvalue weighted by Gasteiger charge is -2.20. The van der Waals surface area contributed by atoms with Gasteiger partial charge in [0.25, 0.3) is 0 Å². The van der Waals surface area contributed by atoms with Gasteiger partial charge in [0.2, 0.25) is 0 Å². The number of aromatic amines is 1. The lowest BCUT2D eigenvalue weighted by Crippen LogP contribution is -2.17. The molecule has 0 saturated carbocycles. The number of benzene rings is 1. The number of hydrogen-bond donors (Lipinski definition) is 2. The maximum Gasteiger partial charge on any atom is 0.332 e. The van der Waals surface area contributed by atoms with Gasteiger partial charge < -0.3 is 24.5 Å². The normalized spacial score (nSPS) is 16.5. The smallest absolute Gasteiger partial charge is 0.332 e. The van der Waals surface area contributed by atoms with E-state index in [0.717, 1.165) is 11.1 Å². The number of methoxy groups -OCH3 is 2. The lowest BCUT2D eigenvalue weighted by molar-refractivity contribution is -0.141. The van der Waals surface area contributed by atoms with Crippen LogP contribution in [0.4, 0.5) is 0 Å². The fraction of sp³-hybridized carbons (Fsp3) is 0.357. The summed E-state index contributed by atoms with van der Waals surface area (Å²) in [5.74, 6) is -1.33. The van der Waals surface area contributed by atoms with E-state index < -0.39 is 17.4 Å². The SMILES string of the molecule is COC(=O)CCc1c[nH]c(/C(C#N)=C2/N/C(=C\C(=O)OCc3ccccc3)CC2(C)C)c1CC(=O)OC. The molecule has 194 valence electrons. The predicted molar refractivity (Wildman–Crippen MR) is 135 cm³/mol. The molecule has 1 aromatic heterocycles. The molecule has 1 fully saturated rings. The zero-order valence-electron chi connectivity index (χ0n) is 21.5. The van der Waals surface area contributed by atoms with Crippen LogP contribution < -0.4 is 5.32 Å². The maximum absolute atomic E-state index is 12.4. The van der Waals surface area contributed by atoms with Gasteiger partial charge in [0.05, 0.1) is 31.9 Å². The zero-order chi connectivity index (χ0) is 27.0. The number of carbonyl (C=O) groups excluding carboxylic acids is 3. The van der Waals surface area contributed by atoms with Crippen molar-refractivity contribution < 1.29 is 28.6 Å². The highest BCUT2D eigenvalue weighted by Gasteiger charge is 2.36. The van der Waals surface area contributed by atoms with Gasteiger partial charge in [-0.05, 0) is 29.5 Å². The Morgan fingerprint density at radius 3 is 2.46 bits per heavy atom. The zero-order valence-corrected chi connectivity index (χ0v) is 21.5. The summed E-state index contributed by atoms with van der Waals surface area (Å²) >= 11 is 0. The Kier molecular flexibility index (Phi) is 8.90. The number of H-pyrrole nitrogens is 1. The van der Waals surface area contributed by atoms with Gasteiger partial charge in [-0.1, -0.05) is 44.2 Å². The molecule has 0 amide bonds. The molecule has 2 aromatic rings. The minimum Gasteiger partial charge on any atom is -0.469 e. The predicted octanol–water partition coefficient (Wildman–Crippen LogP) is 3.72. The van der Waals surface area contributed by atoms with E-state index >= 15 is 0 Å². The molecule has 1 aliphatic heterocycles. The van der Waals surface area contributed by atoms with Gasteiger partial charge in [0.15, 0.2) is 0 Å². The highest BCUT2D eigenvalue weighted by atomic mass is 16.5. The van der Waals surface area contributed by atoms with Gasteiger partial charge >= 0.3 is 17.9 Å². The van der Waals surface area contributed by atoms with Crippen molar-refractivity contribution in [2.75, 3.05) is 14.2 Å². The van der Waals surface area contributed by atoms with Gasteiger partial charge in [0, 0.05) is 35.5 Å². The van der Waals surface area contributed by atoms with Gasteiger partial charge in [-0.2, -0.15) is 5.26 Å². The second kappa shape index (κ2) is 12.1. The number of nitrogens with zero attached hydrogens (tertiary/aromatic N) is 1. The Balaban J connectivity index is 1.90. The first kappa shape index (κ1) is 27.3. The molecule has 1 saturated heterocycles. The van der Waals surface area contributed by atoms with Crippen LogP contribution in [-0.4, -0.2) is 37.1 Å². The summed E-state index contributed by atoms with van der Waals surface area (Å²) in [6, 6.07) is 11.6. The number of aryl methyl sites for hydroxylation is 1. The molecule has 0 aliphatic carbocycles. The summed E-state index contributed by atoms with van der Waals surface area (Å²) in [6.45, 7) is 4.08. The molecule has 9 nitrogen and oxygen atoms in total. The van der Waals surface area contributed by atoms with Crippen molar-refractivity contribution in [3.8, 4) is 6.07 Å². The van der Waals surface area contributed by atoms with E-state index in [9.17, 15) is 19.6 Å². The molecule has 2 heterocycles. The van der Waals surface area contributed by atoms with Crippen molar-refractivity contribution in [2.45, 2.75) is 46.1 Å². The molecule has 3 rings (SSSR count). The van der Waals surface area contributed by atoms with E-state index in [0.29, 0.717) is 41.1 Å². The van der Waals surface area contributed by atoms with Gasteiger partial charge in [-0.3, -0.25) is 9.59 Å². The third-order valence-electron chi connectivity index (χ3n) is 6.18.